The van der Waals surface area contributed by atoms with Crippen LogP contribution < -0.4 is 15.2 Å². The molecule has 1 aliphatic heterocycles. The average molecular weight is 205 g/mol. The summed E-state index contributed by atoms with van der Waals surface area (Å²) in [5.74, 6) is 0.949. The number of hydrogen-bond donors (Lipinski definition) is 1. The van der Waals surface area contributed by atoms with Crippen LogP contribution in [0.2, 0.25) is 0 Å². The van der Waals surface area contributed by atoms with E-state index in [9.17, 15) is 4.79 Å². The van der Waals surface area contributed by atoms with Crippen LogP contribution in [0.15, 0.2) is 24.3 Å². The van der Waals surface area contributed by atoms with Gasteiger partial charge in [0.25, 0.3) is 0 Å². The molecular formula is C11H11NO3. The number of hydrogen-bond acceptors (Lipinski definition) is 4. The van der Waals surface area contributed by atoms with Crippen molar-refractivity contribution in [1.29, 1.82) is 0 Å². The Morgan fingerprint density at radius 2 is 2.00 bits per heavy atom. The van der Waals surface area contributed by atoms with Gasteiger partial charge in [-0.05, 0) is 18.6 Å². The number of allylic oxidation sites excluding steroid dienone is 1. The number of Topliss-reactive ketones (excluding diaryl/α,β-unsaturated/α-hetero) is 1. The van der Waals surface area contributed by atoms with Gasteiger partial charge in [-0.2, -0.15) is 0 Å². The highest BCUT2D eigenvalue weighted by molar-refractivity contribution is 6.11. The van der Waals surface area contributed by atoms with Crippen LogP contribution in [0, 0.1) is 0 Å². The summed E-state index contributed by atoms with van der Waals surface area (Å²) in [7, 11) is 0. The first kappa shape index (κ1) is 9.58. The molecule has 0 bridgehead atoms. The monoisotopic (exact) mass is 205 g/mol. The van der Waals surface area contributed by atoms with Gasteiger partial charge in [0.1, 0.15) is 0 Å². The van der Waals surface area contributed by atoms with E-state index >= 15 is 0 Å². The third-order valence-electron chi connectivity index (χ3n) is 2.18. The standard InChI is InChI=1S/C11H11NO3/c1-6(2)11(13)7-3-9-10(4-8(7)12)15-5-14-9/h3-4H,1,5,12H2,2H3. The number of rotatable bonds is 2. The second-order valence-electron chi connectivity index (χ2n) is 3.40. The molecule has 2 N–H and O–H groups in total. The number of benzene rings is 1. The summed E-state index contributed by atoms with van der Waals surface area (Å²) < 4.78 is 10.3. The summed E-state index contributed by atoms with van der Waals surface area (Å²) in [5, 5.41) is 0. The third-order valence-corrected chi connectivity index (χ3v) is 2.18. The quantitative estimate of drug-likeness (QED) is 0.454. The number of fused-ring (bicyclic) bond motifs is 1. The maximum absolute atomic E-state index is 11.7. The van der Waals surface area contributed by atoms with Gasteiger partial charge >= 0.3 is 0 Å². The minimum atomic E-state index is -0.175. The molecule has 0 spiro atoms. The van der Waals surface area contributed by atoms with Gasteiger partial charge in [0.2, 0.25) is 6.79 Å². The normalized spacial score (nSPS) is 12.6. The summed E-state index contributed by atoms with van der Waals surface area (Å²) >= 11 is 0. The molecule has 2 rings (SSSR count). The van der Waals surface area contributed by atoms with Crippen LogP contribution in [-0.4, -0.2) is 12.6 Å². The Kier molecular flexibility index (Phi) is 2.11. The lowest BCUT2D eigenvalue weighted by molar-refractivity contribution is 0.103. The molecule has 0 radical (unpaired) electrons. The van der Waals surface area contributed by atoms with Crippen LogP contribution >= 0.6 is 0 Å². The van der Waals surface area contributed by atoms with Crippen LogP contribution in [0.25, 0.3) is 0 Å². The second kappa shape index (κ2) is 3.31. The molecule has 0 saturated carbocycles. The highest BCUT2D eigenvalue weighted by atomic mass is 16.7. The zero-order valence-corrected chi connectivity index (χ0v) is 8.37. The Morgan fingerprint density at radius 1 is 1.40 bits per heavy atom. The van der Waals surface area contributed by atoms with Crippen LogP contribution in [0.5, 0.6) is 11.5 Å². The first-order valence-corrected chi connectivity index (χ1v) is 4.49. The molecule has 1 heterocycles. The highest BCUT2D eigenvalue weighted by Crippen LogP contribution is 2.36. The number of carbonyl (C=O) groups is 1. The molecule has 4 heteroatoms. The fraction of sp³-hybridized carbons (Fsp3) is 0.182. The molecule has 0 amide bonds. The summed E-state index contributed by atoms with van der Waals surface area (Å²) in [4.78, 5) is 11.7. The number of anilines is 1. The van der Waals surface area contributed by atoms with Crippen LogP contribution in [0.3, 0.4) is 0 Å². The van der Waals surface area contributed by atoms with Crippen LogP contribution in [0.4, 0.5) is 5.69 Å². The number of ether oxygens (including phenoxy) is 2. The van der Waals surface area contributed by atoms with Crippen molar-refractivity contribution >= 4 is 11.5 Å². The maximum Gasteiger partial charge on any atom is 0.231 e. The fourth-order valence-electron chi connectivity index (χ4n) is 1.38. The van der Waals surface area contributed by atoms with E-state index in [0.29, 0.717) is 28.3 Å². The minimum absolute atomic E-state index is 0.166. The van der Waals surface area contributed by atoms with Crippen molar-refractivity contribution in [1.82, 2.24) is 0 Å². The first-order chi connectivity index (χ1) is 7.09. The lowest BCUT2D eigenvalue weighted by atomic mass is 10.0. The summed E-state index contributed by atoms with van der Waals surface area (Å²) in [6.07, 6.45) is 0. The van der Waals surface area contributed by atoms with Gasteiger partial charge in [-0.3, -0.25) is 4.79 Å². The zero-order valence-electron chi connectivity index (χ0n) is 8.37. The molecule has 1 aromatic rings. The van der Waals surface area contributed by atoms with Gasteiger partial charge in [0.05, 0.1) is 0 Å². The molecule has 1 aliphatic rings. The molecule has 0 unspecified atom stereocenters. The molecule has 78 valence electrons. The fourth-order valence-corrected chi connectivity index (χ4v) is 1.38. The van der Waals surface area contributed by atoms with E-state index in [2.05, 4.69) is 6.58 Å². The van der Waals surface area contributed by atoms with E-state index < -0.39 is 0 Å². The lowest BCUT2D eigenvalue weighted by Gasteiger charge is -2.05. The molecule has 15 heavy (non-hydrogen) atoms. The van der Waals surface area contributed by atoms with Gasteiger partial charge in [-0.15, -0.1) is 0 Å². The van der Waals surface area contributed by atoms with E-state index in [1.807, 2.05) is 0 Å². The number of nitrogens with two attached hydrogens (primary N) is 1. The number of carbonyl (C=O) groups excluding carboxylic acids is 1. The van der Waals surface area contributed by atoms with Gasteiger partial charge in [0.15, 0.2) is 17.3 Å². The molecule has 4 nitrogen and oxygen atoms in total. The molecule has 0 aliphatic carbocycles. The van der Waals surface area contributed by atoms with E-state index in [4.69, 9.17) is 15.2 Å². The molecule has 0 aromatic heterocycles. The Labute approximate surface area is 87.3 Å². The second-order valence-corrected chi connectivity index (χ2v) is 3.40. The van der Waals surface area contributed by atoms with Crippen molar-refractivity contribution in [3.8, 4) is 11.5 Å². The Bertz CT molecular complexity index is 451. The molecule has 0 saturated heterocycles. The zero-order chi connectivity index (χ0) is 11.0. The van der Waals surface area contributed by atoms with E-state index in [0.717, 1.165) is 0 Å². The summed E-state index contributed by atoms with van der Waals surface area (Å²) in [6.45, 7) is 5.40. The lowest BCUT2D eigenvalue weighted by Crippen LogP contribution is -2.04. The van der Waals surface area contributed by atoms with Crippen LogP contribution in [-0.2, 0) is 0 Å². The van der Waals surface area contributed by atoms with Crippen molar-refractivity contribution in [3.63, 3.8) is 0 Å². The SMILES string of the molecule is C=C(C)C(=O)c1cc2c(cc1N)OCO2. The molecule has 0 atom stereocenters. The van der Waals surface area contributed by atoms with Gasteiger partial charge < -0.3 is 15.2 Å². The van der Waals surface area contributed by atoms with Crippen molar-refractivity contribution in [3.05, 3.63) is 29.8 Å². The topological polar surface area (TPSA) is 61.6 Å². The van der Waals surface area contributed by atoms with Crippen molar-refractivity contribution in [2.24, 2.45) is 0 Å². The first-order valence-electron chi connectivity index (χ1n) is 4.49. The largest absolute Gasteiger partial charge is 0.454 e. The van der Waals surface area contributed by atoms with E-state index in [1.165, 1.54) is 0 Å². The van der Waals surface area contributed by atoms with Crippen molar-refractivity contribution < 1.29 is 14.3 Å². The smallest absolute Gasteiger partial charge is 0.231 e. The van der Waals surface area contributed by atoms with Crippen molar-refractivity contribution in [2.75, 3.05) is 12.5 Å². The van der Waals surface area contributed by atoms with Gasteiger partial charge in [0, 0.05) is 17.3 Å². The predicted molar refractivity (Wildman–Crippen MR) is 56.1 cm³/mol. The number of ketones is 1. The molecule has 0 fully saturated rings. The molecular weight excluding hydrogens is 194 g/mol. The Balaban J connectivity index is 2.49. The van der Waals surface area contributed by atoms with E-state index in [-0.39, 0.29) is 12.6 Å². The summed E-state index contributed by atoms with van der Waals surface area (Å²) in [5.41, 5.74) is 6.97. The van der Waals surface area contributed by atoms with Gasteiger partial charge in [-0.25, -0.2) is 0 Å². The number of nitrogen functional groups attached to an aromatic ring is 1. The van der Waals surface area contributed by atoms with E-state index in [1.54, 1.807) is 19.1 Å². The average Bonchev–Trinajstić information content (AvgIpc) is 2.62. The maximum atomic E-state index is 11.7. The van der Waals surface area contributed by atoms with Gasteiger partial charge in [-0.1, -0.05) is 6.58 Å². The highest BCUT2D eigenvalue weighted by Gasteiger charge is 2.19. The Morgan fingerprint density at radius 3 is 2.60 bits per heavy atom. The minimum Gasteiger partial charge on any atom is -0.454 e. The predicted octanol–water partition coefficient (Wildman–Crippen LogP) is 1.76. The summed E-state index contributed by atoms with van der Waals surface area (Å²) in [6, 6.07) is 3.19. The van der Waals surface area contributed by atoms with Crippen molar-refractivity contribution in [2.45, 2.75) is 6.92 Å². The van der Waals surface area contributed by atoms with Crippen LogP contribution in [0.1, 0.15) is 17.3 Å². The Hall–Kier alpha value is -1.97. The molecule has 1 aromatic carbocycles. The third kappa shape index (κ3) is 1.54.